The van der Waals surface area contributed by atoms with Crippen molar-refractivity contribution in [3.8, 4) is 0 Å². The summed E-state index contributed by atoms with van der Waals surface area (Å²) < 4.78 is 4.90. The molecule has 0 aromatic rings. The van der Waals surface area contributed by atoms with Gasteiger partial charge in [0.2, 0.25) is 0 Å². The smallest absolute Gasteiger partial charge is 0.165 e. The number of hydrogen-bond acceptors (Lipinski definition) is 1. The van der Waals surface area contributed by atoms with Crippen molar-refractivity contribution in [2.45, 2.75) is 24.8 Å². The third kappa shape index (κ3) is 1.32. The average molecular weight is 121 g/mol. The van der Waals surface area contributed by atoms with Gasteiger partial charge in [0.1, 0.15) is 0 Å². The van der Waals surface area contributed by atoms with E-state index in [1.807, 2.05) is 0 Å². The Kier molecular flexibility index (Phi) is 1.26. The number of halogens is 1. The quantitative estimate of drug-likeness (QED) is 0.400. The zero-order valence-corrected chi connectivity index (χ0v) is 5.16. The summed E-state index contributed by atoms with van der Waals surface area (Å²) in [5.41, 5.74) is 0. The van der Waals surface area contributed by atoms with Gasteiger partial charge in [-0.15, -0.1) is 0 Å². The molecule has 1 aliphatic rings. The third-order valence-electron chi connectivity index (χ3n) is 1.08. The van der Waals surface area contributed by atoms with E-state index in [0.717, 1.165) is 19.4 Å². The first-order valence-corrected chi connectivity index (χ1v) is 2.97. The second kappa shape index (κ2) is 1.64. The largest absolute Gasteiger partial charge is 0.353 e. The molecule has 0 aliphatic carbocycles. The van der Waals surface area contributed by atoms with Crippen LogP contribution < -0.4 is 0 Å². The van der Waals surface area contributed by atoms with Crippen LogP contribution in [0.15, 0.2) is 0 Å². The molecule has 2 heteroatoms. The molecular weight excluding hydrogens is 112 g/mol. The Labute approximate surface area is 48.6 Å². The van der Waals surface area contributed by atoms with Crippen LogP contribution in [-0.2, 0) is 4.74 Å². The van der Waals surface area contributed by atoms with Gasteiger partial charge in [-0.2, -0.15) is 0 Å². The molecule has 1 atom stereocenters. The number of ether oxygens (including phenoxy) is 1. The van der Waals surface area contributed by atoms with Crippen LogP contribution in [0.25, 0.3) is 0 Å². The summed E-state index contributed by atoms with van der Waals surface area (Å²) in [4.78, 5) is 0. The van der Waals surface area contributed by atoms with Crippen molar-refractivity contribution in [2.24, 2.45) is 0 Å². The maximum absolute atomic E-state index is 5.72. The van der Waals surface area contributed by atoms with E-state index in [9.17, 15) is 0 Å². The third-order valence-corrected chi connectivity index (χ3v) is 1.49. The highest BCUT2D eigenvalue weighted by Crippen LogP contribution is 2.35. The molecule has 1 unspecified atom stereocenters. The highest BCUT2D eigenvalue weighted by atomic mass is 35.5. The maximum Gasteiger partial charge on any atom is 0.165 e. The Hall–Kier alpha value is 0.250. The summed E-state index contributed by atoms with van der Waals surface area (Å²) in [5.74, 6) is 0. The monoisotopic (exact) mass is 120 g/mol. The average Bonchev–Trinajstić information content (AvgIpc) is 2.22. The lowest BCUT2D eigenvalue weighted by Crippen LogP contribution is -1.96. The minimum absolute atomic E-state index is 0.227. The highest BCUT2D eigenvalue weighted by molar-refractivity contribution is 6.24. The van der Waals surface area contributed by atoms with Crippen molar-refractivity contribution in [3.05, 3.63) is 0 Å². The molecule has 0 radical (unpaired) electrons. The van der Waals surface area contributed by atoms with Gasteiger partial charge in [-0.05, 0) is 6.42 Å². The van der Waals surface area contributed by atoms with Crippen LogP contribution in [-0.4, -0.2) is 11.7 Å². The fourth-order valence-corrected chi connectivity index (χ4v) is 0.840. The Balaban J connectivity index is 2.13. The van der Waals surface area contributed by atoms with Crippen LogP contribution in [0.5, 0.6) is 0 Å². The van der Waals surface area contributed by atoms with Crippen LogP contribution in [0.4, 0.5) is 0 Å². The minimum atomic E-state index is -0.227. The second-order valence-electron chi connectivity index (χ2n) is 1.92. The topological polar surface area (TPSA) is 12.5 Å². The summed E-state index contributed by atoms with van der Waals surface area (Å²) in [5, 5.41) is -0.227. The Bertz CT molecular complexity index is 68.5. The zero-order chi connectivity index (χ0) is 5.33. The van der Waals surface area contributed by atoms with E-state index in [4.69, 9.17) is 16.3 Å². The SMILES string of the molecule is CCCC1(Cl)CO1. The molecule has 1 nitrogen and oxygen atoms in total. The van der Waals surface area contributed by atoms with Crippen molar-refractivity contribution < 1.29 is 4.74 Å². The molecule has 1 aliphatic heterocycles. The van der Waals surface area contributed by atoms with Crippen LogP contribution in [0.1, 0.15) is 19.8 Å². The van der Waals surface area contributed by atoms with E-state index in [1.54, 1.807) is 0 Å². The normalized spacial score (nSPS) is 38.6. The molecule has 1 fully saturated rings. The fraction of sp³-hybridized carbons (Fsp3) is 1.00. The summed E-state index contributed by atoms with van der Waals surface area (Å²) in [7, 11) is 0. The van der Waals surface area contributed by atoms with Crippen molar-refractivity contribution in [2.75, 3.05) is 6.61 Å². The number of alkyl halides is 1. The molecule has 0 amide bonds. The number of rotatable bonds is 2. The Morgan fingerprint density at radius 3 is 2.57 bits per heavy atom. The molecule has 0 N–H and O–H groups in total. The van der Waals surface area contributed by atoms with Crippen molar-refractivity contribution in [1.29, 1.82) is 0 Å². The van der Waals surface area contributed by atoms with Gasteiger partial charge in [-0.3, -0.25) is 0 Å². The number of epoxide rings is 1. The van der Waals surface area contributed by atoms with Crippen molar-refractivity contribution in [1.82, 2.24) is 0 Å². The first-order chi connectivity index (χ1) is 3.27. The molecule has 42 valence electrons. The van der Waals surface area contributed by atoms with Gasteiger partial charge in [0.15, 0.2) is 5.06 Å². The van der Waals surface area contributed by atoms with E-state index in [1.165, 1.54) is 0 Å². The predicted molar refractivity (Wildman–Crippen MR) is 29.4 cm³/mol. The van der Waals surface area contributed by atoms with Gasteiger partial charge in [0, 0.05) is 0 Å². The minimum Gasteiger partial charge on any atom is -0.353 e. The lowest BCUT2D eigenvalue weighted by molar-refractivity contribution is 0.364. The Morgan fingerprint density at radius 2 is 2.43 bits per heavy atom. The van der Waals surface area contributed by atoms with Crippen LogP contribution in [0.2, 0.25) is 0 Å². The Morgan fingerprint density at radius 1 is 1.86 bits per heavy atom. The summed E-state index contributed by atoms with van der Waals surface area (Å²) in [6.45, 7) is 2.86. The molecule has 1 heterocycles. The van der Waals surface area contributed by atoms with E-state index in [2.05, 4.69) is 6.92 Å². The van der Waals surface area contributed by atoms with Gasteiger partial charge in [0.25, 0.3) is 0 Å². The molecular formula is C5H9ClO. The predicted octanol–water partition coefficient (Wildman–Crippen LogP) is 1.75. The van der Waals surface area contributed by atoms with Gasteiger partial charge < -0.3 is 4.74 Å². The van der Waals surface area contributed by atoms with Gasteiger partial charge in [-0.25, -0.2) is 0 Å². The van der Waals surface area contributed by atoms with Crippen LogP contribution in [0.3, 0.4) is 0 Å². The summed E-state index contributed by atoms with van der Waals surface area (Å²) in [6.07, 6.45) is 2.11. The van der Waals surface area contributed by atoms with Gasteiger partial charge in [-0.1, -0.05) is 24.9 Å². The van der Waals surface area contributed by atoms with Crippen LogP contribution >= 0.6 is 11.6 Å². The first kappa shape index (κ1) is 5.39. The molecule has 0 aromatic carbocycles. The van der Waals surface area contributed by atoms with E-state index >= 15 is 0 Å². The molecule has 1 rings (SSSR count). The van der Waals surface area contributed by atoms with E-state index in [-0.39, 0.29) is 5.06 Å². The first-order valence-electron chi connectivity index (χ1n) is 2.60. The van der Waals surface area contributed by atoms with Crippen molar-refractivity contribution in [3.63, 3.8) is 0 Å². The second-order valence-corrected chi connectivity index (χ2v) is 2.61. The molecule has 0 spiro atoms. The van der Waals surface area contributed by atoms with Gasteiger partial charge >= 0.3 is 0 Å². The van der Waals surface area contributed by atoms with E-state index < -0.39 is 0 Å². The van der Waals surface area contributed by atoms with Crippen LogP contribution in [0, 0.1) is 0 Å². The lowest BCUT2D eigenvalue weighted by Gasteiger charge is -1.94. The molecule has 7 heavy (non-hydrogen) atoms. The fourth-order valence-electron chi connectivity index (χ4n) is 0.596. The molecule has 1 saturated heterocycles. The highest BCUT2D eigenvalue weighted by Gasteiger charge is 2.41. The molecule has 0 saturated carbocycles. The number of hydrogen-bond donors (Lipinski definition) is 0. The summed E-state index contributed by atoms with van der Waals surface area (Å²) >= 11 is 5.72. The summed E-state index contributed by atoms with van der Waals surface area (Å²) in [6, 6.07) is 0. The zero-order valence-electron chi connectivity index (χ0n) is 4.41. The van der Waals surface area contributed by atoms with Gasteiger partial charge in [0.05, 0.1) is 6.61 Å². The molecule has 0 bridgehead atoms. The lowest BCUT2D eigenvalue weighted by atomic mass is 10.3. The standard InChI is InChI=1S/C5H9ClO/c1-2-3-5(6)4-7-5/h2-4H2,1H3. The molecule has 0 aromatic heterocycles. The van der Waals surface area contributed by atoms with E-state index in [0.29, 0.717) is 0 Å². The maximum atomic E-state index is 5.72. The van der Waals surface area contributed by atoms with Crippen molar-refractivity contribution >= 4 is 11.6 Å².